The van der Waals surface area contributed by atoms with Crippen molar-refractivity contribution in [2.24, 2.45) is 11.6 Å². The van der Waals surface area contributed by atoms with Gasteiger partial charge in [0.1, 0.15) is 0 Å². The van der Waals surface area contributed by atoms with Crippen molar-refractivity contribution < 1.29 is 4.84 Å². The number of anilines is 4. The van der Waals surface area contributed by atoms with Crippen LogP contribution in [-0.2, 0) is 23.4 Å². The fraction of sp³-hybridized carbons (Fsp3) is 0.200. The lowest BCUT2D eigenvalue weighted by atomic mass is 9.88. The van der Waals surface area contributed by atoms with Gasteiger partial charge in [0.25, 0.3) is 0 Å². The van der Waals surface area contributed by atoms with Crippen molar-refractivity contribution in [3.8, 4) is 0 Å². The summed E-state index contributed by atoms with van der Waals surface area (Å²) in [5.41, 5.74) is 33.4. The largest absolute Gasteiger partial charge is 0.397 e. The van der Waals surface area contributed by atoms with Crippen LogP contribution in [0.5, 0.6) is 0 Å². The maximum atomic E-state index is 6.49. The lowest BCUT2D eigenvalue weighted by Gasteiger charge is -2.32. The fourth-order valence-electron chi connectivity index (χ4n) is 3.19. The van der Waals surface area contributed by atoms with Crippen LogP contribution in [-0.4, -0.2) is 0 Å². The second kappa shape index (κ2) is 4.77. The van der Waals surface area contributed by atoms with Gasteiger partial charge in [-0.2, -0.15) is 0 Å². The van der Waals surface area contributed by atoms with Crippen LogP contribution < -0.4 is 34.6 Å². The van der Waals surface area contributed by atoms with E-state index in [4.69, 9.17) is 39.4 Å². The number of fused-ring (bicyclic) bond motifs is 2. The summed E-state index contributed by atoms with van der Waals surface area (Å²) in [7, 11) is 0. The number of hydrogen-bond acceptors (Lipinski definition) is 7. The summed E-state index contributed by atoms with van der Waals surface area (Å²) < 4.78 is 0. The van der Waals surface area contributed by atoms with Gasteiger partial charge in [-0.25, -0.2) is 5.90 Å². The molecule has 0 aromatic heterocycles. The first-order valence-electron chi connectivity index (χ1n) is 6.92. The minimum Gasteiger partial charge on any atom is -0.397 e. The van der Waals surface area contributed by atoms with Crippen molar-refractivity contribution in [1.82, 2.24) is 0 Å². The Morgan fingerprint density at radius 2 is 1.50 bits per heavy atom. The average Bonchev–Trinajstić information content (AvgIpc) is 2.67. The summed E-state index contributed by atoms with van der Waals surface area (Å²) in [6.45, 7) is 0. The van der Waals surface area contributed by atoms with Crippen molar-refractivity contribution in [1.29, 1.82) is 0 Å². The first kappa shape index (κ1) is 14.5. The normalized spacial score (nSPS) is 20.1. The van der Waals surface area contributed by atoms with Crippen LogP contribution in [0.4, 0.5) is 22.7 Å². The Morgan fingerprint density at radius 3 is 2.18 bits per heavy atom. The summed E-state index contributed by atoms with van der Waals surface area (Å²) in [6.07, 6.45) is 1.34. The second-order valence-corrected chi connectivity index (χ2v) is 5.52. The molecular formula is C15H20N6O. The van der Waals surface area contributed by atoms with Crippen LogP contribution >= 0.6 is 0 Å². The molecule has 7 nitrogen and oxygen atoms in total. The molecule has 0 saturated heterocycles. The molecule has 0 heterocycles. The Labute approximate surface area is 128 Å². The Balaban J connectivity index is 2.42. The zero-order chi connectivity index (χ0) is 16.1. The van der Waals surface area contributed by atoms with Gasteiger partial charge in [-0.1, -0.05) is 24.3 Å². The predicted molar refractivity (Wildman–Crippen MR) is 88.2 cm³/mol. The highest BCUT2D eigenvalue weighted by Crippen LogP contribution is 2.46. The molecule has 1 aliphatic rings. The van der Waals surface area contributed by atoms with Gasteiger partial charge in [0, 0.05) is 11.1 Å². The fourth-order valence-corrected chi connectivity index (χ4v) is 3.19. The molecule has 22 heavy (non-hydrogen) atoms. The van der Waals surface area contributed by atoms with Gasteiger partial charge in [-0.15, -0.1) is 0 Å². The molecule has 0 amide bonds. The molecule has 116 valence electrons. The molecule has 3 rings (SSSR count). The van der Waals surface area contributed by atoms with E-state index in [-0.39, 0.29) is 17.1 Å². The zero-order valence-corrected chi connectivity index (χ0v) is 12.1. The van der Waals surface area contributed by atoms with E-state index >= 15 is 0 Å². The number of nitrogens with two attached hydrogens (primary N) is 6. The van der Waals surface area contributed by atoms with E-state index in [1.54, 1.807) is 0 Å². The van der Waals surface area contributed by atoms with Crippen molar-refractivity contribution in [2.75, 3.05) is 22.9 Å². The van der Waals surface area contributed by atoms with Gasteiger partial charge >= 0.3 is 0 Å². The van der Waals surface area contributed by atoms with Gasteiger partial charge in [0.15, 0.2) is 5.72 Å². The molecule has 0 bridgehead atoms. The molecule has 12 N–H and O–H groups in total. The number of hydrogen-bond donors (Lipinski definition) is 6. The highest BCUT2D eigenvalue weighted by atomic mass is 16.6. The SMILES string of the molecule is NOC1(N)c2ccccc2CCc2c(N)c(N)c(N)c(N)c21. The highest BCUT2D eigenvalue weighted by Gasteiger charge is 2.40. The highest BCUT2D eigenvalue weighted by molar-refractivity contribution is 5.92. The van der Waals surface area contributed by atoms with Crippen LogP contribution in [0, 0.1) is 0 Å². The molecule has 0 fully saturated rings. The van der Waals surface area contributed by atoms with Crippen LogP contribution in [0.3, 0.4) is 0 Å². The van der Waals surface area contributed by atoms with E-state index in [0.717, 1.165) is 23.1 Å². The average molecular weight is 300 g/mol. The van der Waals surface area contributed by atoms with Gasteiger partial charge in [0.05, 0.1) is 22.7 Å². The molecule has 1 atom stereocenters. The smallest absolute Gasteiger partial charge is 0.191 e. The summed E-state index contributed by atoms with van der Waals surface area (Å²) in [4.78, 5) is 5.19. The zero-order valence-electron chi connectivity index (χ0n) is 12.1. The van der Waals surface area contributed by atoms with Gasteiger partial charge in [-0.05, 0) is 24.0 Å². The number of rotatable bonds is 1. The van der Waals surface area contributed by atoms with Gasteiger partial charge < -0.3 is 22.9 Å². The van der Waals surface area contributed by atoms with Crippen LogP contribution in [0.1, 0.15) is 22.3 Å². The Morgan fingerprint density at radius 1 is 0.864 bits per heavy atom. The van der Waals surface area contributed by atoms with Crippen molar-refractivity contribution in [2.45, 2.75) is 18.6 Å². The number of nitrogen functional groups attached to an aromatic ring is 4. The Bertz CT molecular complexity index is 760. The predicted octanol–water partition coefficient (Wildman–Crippen LogP) is 0.164. The Kier molecular flexibility index (Phi) is 3.13. The van der Waals surface area contributed by atoms with E-state index in [1.165, 1.54) is 0 Å². The van der Waals surface area contributed by atoms with Crippen molar-refractivity contribution >= 4 is 22.7 Å². The second-order valence-electron chi connectivity index (χ2n) is 5.52. The molecule has 7 heteroatoms. The molecule has 0 radical (unpaired) electrons. The summed E-state index contributed by atoms with van der Waals surface area (Å²) >= 11 is 0. The number of aryl methyl sites for hydroxylation is 1. The quantitative estimate of drug-likeness (QED) is 0.248. The summed E-state index contributed by atoms with van der Waals surface area (Å²) in [5.74, 6) is 5.55. The molecule has 1 aliphatic carbocycles. The monoisotopic (exact) mass is 300 g/mol. The third-order valence-electron chi connectivity index (χ3n) is 4.39. The van der Waals surface area contributed by atoms with E-state index < -0.39 is 5.72 Å². The molecule has 1 unspecified atom stereocenters. The minimum atomic E-state index is -1.43. The third-order valence-corrected chi connectivity index (χ3v) is 4.39. The molecule has 0 aliphatic heterocycles. The first-order chi connectivity index (χ1) is 10.4. The topological polar surface area (TPSA) is 165 Å². The lowest BCUT2D eigenvalue weighted by Crippen LogP contribution is -2.44. The van der Waals surface area contributed by atoms with E-state index in [0.29, 0.717) is 17.7 Å². The van der Waals surface area contributed by atoms with Crippen LogP contribution in [0.2, 0.25) is 0 Å². The standard InChI is InChI=1S/C15H20N6O/c16-11-8-6-5-7-3-1-2-4-9(7)15(20,22-21)10(8)12(17)14(19)13(11)18/h1-4H,5-6,16-21H2. The van der Waals surface area contributed by atoms with Crippen LogP contribution in [0.15, 0.2) is 24.3 Å². The first-order valence-corrected chi connectivity index (χ1v) is 6.92. The van der Waals surface area contributed by atoms with Crippen molar-refractivity contribution in [3.05, 3.63) is 46.5 Å². The summed E-state index contributed by atoms with van der Waals surface area (Å²) in [5, 5.41) is 0. The minimum absolute atomic E-state index is 0.197. The molecule has 2 aromatic carbocycles. The van der Waals surface area contributed by atoms with Gasteiger partial charge in [-0.3, -0.25) is 10.6 Å². The third kappa shape index (κ3) is 1.73. The molecule has 2 aromatic rings. The van der Waals surface area contributed by atoms with Crippen molar-refractivity contribution in [3.63, 3.8) is 0 Å². The van der Waals surface area contributed by atoms with Gasteiger partial charge in [0.2, 0.25) is 0 Å². The maximum absolute atomic E-state index is 6.49. The molecule has 0 saturated carbocycles. The van der Waals surface area contributed by atoms with E-state index in [9.17, 15) is 0 Å². The van der Waals surface area contributed by atoms with Crippen LogP contribution in [0.25, 0.3) is 0 Å². The Hall–Kier alpha value is -2.48. The molecule has 0 spiro atoms. The maximum Gasteiger partial charge on any atom is 0.191 e. The molecular weight excluding hydrogens is 280 g/mol. The van der Waals surface area contributed by atoms with E-state index in [1.807, 2.05) is 24.3 Å². The number of benzene rings is 2. The summed E-state index contributed by atoms with van der Waals surface area (Å²) in [6, 6.07) is 7.63. The lowest BCUT2D eigenvalue weighted by molar-refractivity contribution is -0.0155. The van der Waals surface area contributed by atoms with E-state index in [2.05, 4.69) is 0 Å².